The molecule has 0 aromatic heterocycles. The highest BCUT2D eigenvalue weighted by atomic mass is 32.2. The molecule has 24 heavy (non-hydrogen) atoms. The Morgan fingerprint density at radius 1 is 0.708 bits per heavy atom. The summed E-state index contributed by atoms with van der Waals surface area (Å²) in [6.07, 6.45) is 0. The molecule has 0 heterocycles. The summed E-state index contributed by atoms with van der Waals surface area (Å²) >= 11 is 3.35. The molecule has 0 spiro atoms. The molecule has 0 radical (unpaired) electrons. The van der Waals surface area contributed by atoms with Crippen LogP contribution in [-0.4, -0.2) is 40.7 Å². The summed E-state index contributed by atoms with van der Waals surface area (Å²) < 4.78 is 0. The first-order valence-corrected chi connectivity index (χ1v) is 10.2. The van der Waals surface area contributed by atoms with Gasteiger partial charge in [-0.15, -0.1) is 0 Å². The summed E-state index contributed by atoms with van der Waals surface area (Å²) in [6, 6.07) is 15.3. The van der Waals surface area contributed by atoms with E-state index < -0.39 is 0 Å². The van der Waals surface area contributed by atoms with Crippen LogP contribution in [0.4, 0.5) is 0 Å². The molecule has 2 N–H and O–H groups in total. The average molecular weight is 363 g/mol. The molecule has 2 aromatic carbocycles. The highest BCUT2D eigenvalue weighted by Crippen LogP contribution is 2.17. The predicted octanol–water partition coefficient (Wildman–Crippen LogP) is 3.37. The van der Waals surface area contributed by atoms with Crippen LogP contribution in [0.15, 0.2) is 48.5 Å². The van der Waals surface area contributed by atoms with E-state index in [1.807, 2.05) is 48.5 Å². The molecule has 128 valence electrons. The van der Waals surface area contributed by atoms with Crippen LogP contribution in [0.25, 0.3) is 0 Å². The van der Waals surface area contributed by atoms with Gasteiger partial charge in [0, 0.05) is 34.1 Å². The van der Waals surface area contributed by atoms with Crippen molar-refractivity contribution in [3.8, 4) is 0 Å². The van der Waals surface area contributed by atoms with Crippen molar-refractivity contribution in [3.05, 3.63) is 70.8 Å². The van der Waals surface area contributed by atoms with E-state index in [0.29, 0.717) is 11.1 Å². The lowest BCUT2D eigenvalue weighted by Gasteiger charge is -2.05. The van der Waals surface area contributed by atoms with Crippen LogP contribution in [0, 0.1) is 0 Å². The molecular formula is C19H22O3S2. The van der Waals surface area contributed by atoms with E-state index in [4.69, 9.17) is 10.2 Å². The minimum absolute atomic E-state index is 0.0270. The molecule has 0 bridgehead atoms. The van der Waals surface area contributed by atoms with Gasteiger partial charge in [0.1, 0.15) is 0 Å². The molecule has 0 unspecified atom stereocenters. The van der Waals surface area contributed by atoms with Gasteiger partial charge in [0.05, 0.1) is 13.2 Å². The van der Waals surface area contributed by atoms with Crippen molar-refractivity contribution in [1.82, 2.24) is 0 Å². The number of rotatable bonds is 10. The Bertz CT molecular complexity index is 569. The van der Waals surface area contributed by atoms with Gasteiger partial charge < -0.3 is 10.2 Å². The third-order valence-corrected chi connectivity index (χ3v) is 5.46. The second kappa shape index (κ2) is 10.6. The number of ketones is 1. The van der Waals surface area contributed by atoms with E-state index >= 15 is 0 Å². The Kier molecular flexibility index (Phi) is 8.39. The zero-order valence-corrected chi connectivity index (χ0v) is 15.1. The topological polar surface area (TPSA) is 57.5 Å². The molecule has 0 atom stereocenters. The van der Waals surface area contributed by atoms with Crippen LogP contribution >= 0.6 is 23.5 Å². The second-order valence-corrected chi connectivity index (χ2v) is 7.49. The van der Waals surface area contributed by atoms with E-state index in [9.17, 15) is 4.79 Å². The van der Waals surface area contributed by atoms with E-state index in [-0.39, 0.29) is 19.0 Å². The Labute approximate surface area is 151 Å². The first-order chi connectivity index (χ1) is 11.7. The fourth-order valence-electron chi connectivity index (χ4n) is 2.18. The standard InChI is InChI=1S/C19H22O3S2/c20-9-11-23-13-15-1-5-17(6-2-15)19(22)18-7-3-16(4-8-18)14-24-12-10-21/h1-8,20-21H,9-14H2. The van der Waals surface area contributed by atoms with Gasteiger partial charge in [-0.25, -0.2) is 0 Å². The number of hydrogen-bond donors (Lipinski definition) is 2. The maximum absolute atomic E-state index is 12.5. The molecule has 2 rings (SSSR count). The Morgan fingerprint density at radius 3 is 1.42 bits per heavy atom. The Hall–Kier alpha value is -1.27. The quantitative estimate of drug-likeness (QED) is 0.501. The number of aliphatic hydroxyl groups is 2. The van der Waals surface area contributed by atoms with Gasteiger partial charge in [-0.1, -0.05) is 48.5 Å². The highest BCUT2D eigenvalue weighted by Gasteiger charge is 2.09. The van der Waals surface area contributed by atoms with Gasteiger partial charge in [-0.05, 0) is 11.1 Å². The number of carbonyl (C=O) groups excluding carboxylic acids is 1. The van der Waals surface area contributed by atoms with Crippen LogP contribution in [0.5, 0.6) is 0 Å². The molecule has 0 saturated heterocycles. The maximum atomic E-state index is 12.5. The number of thioether (sulfide) groups is 2. The molecule has 0 aliphatic rings. The normalized spacial score (nSPS) is 10.8. The minimum Gasteiger partial charge on any atom is -0.396 e. The summed E-state index contributed by atoms with van der Waals surface area (Å²) in [7, 11) is 0. The SMILES string of the molecule is O=C(c1ccc(CSCCO)cc1)c1ccc(CSCCO)cc1. The average Bonchev–Trinajstić information content (AvgIpc) is 2.63. The van der Waals surface area contributed by atoms with Crippen LogP contribution in [0.3, 0.4) is 0 Å². The van der Waals surface area contributed by atoms with Crippen molar-refractivity contribution < 1.29 is 15.0 Å². The Balaban J connectivity index is 1.95. The molecule has 2 aromatic rings. The molecule has 3 nitrogen and oxygen atoms in total. The summed E-state index contributed by atoms with van der Waals surface area (Å²) in [5, 5.41) is 17.6. The lowest BCUT2D eigenvalue weighted by atomic mass is 10.0. The van der Waals surface area contributed by atoms with Crippen LogP contribution in [-0.2, 0) is 11.5 Å². The largest absolute Gasteiger partial charge is 0.396 e. The van der Waals surface area contributed by atoms with Gasteiger partial charge in [0.25, 0.3) is 0 Å². The first-order valence-electron chi connectivity index (χ1n) is 7.84. The number of aliphatic hydroxyl groups excluding tert-OH is 2. The third kappa shape index (κ3) is 5.98. The zero-order valence-electron chi connectivity index (χ0n) is 13.5. The van der Waals surface area contributed by atoms with E-state index in [0.717, 1.165) is 34.1 Å². The Morgan fingerprint density at radius 2 is 1.08 bits per heavy atom. The molecule has 0 fully saturated rings. The minimum atomic E-state index is 0.0270. The van der Waals surface area contributed by atoms with Crippen LogP contribution in [0.1, 0.15) is 27.0 Å². The molecule has 0 aliphatic carbocycles. The number of hydrogen-bond acceptors (Lipinski definition) is 5. The van der Waals surface area contributed by atoms with E-state index in [1.165, 1.54) is 0 Å². The summed E-state index contributed by atoms with van der Waals surface area (Å²) in [5.74, 6) is 3.16. The maximum Gasteiger partial charge on any atom is 0.193 e. The van der Waals surface area contributed by atoms with Gasteiger partial charge in [-0.3, -0.25) is 4.79 Å². The first kappa shape index (κ1) is 19.1. The van der Waals surface area contributed by atoms with Crippen molar-refractivity contribution >= 4 is 29.3 Å². The monoisotopic (exact) mass is 362 g/mol. The van der Waals surface area contributed by atoms with Crippen molar-refractivity contribution in [2.45, 2.75) is 11.5 Å². The lowest BCUT2D eigenvalue weighted by molar-refractivity contribution is 0.103. The van der Waals surface area contributed by atoms with E-state index in [1.54, 1.807) is 23.5 Å². The third-order valence-electron chi connectivity index (χ3n) is 3.44. The van der Waals surface area contributed by atoms with E-state index in [2.05, 4.69) is 0 Å². The molecule has 0 amide bonds. The summed E-state index contributed by atoms with van der Waals surface area (Å²) in [4.78, 5) is 12.5. The van der Waals surface area contributed by atoms with Gasteiger partial charge in [-0.2, -0.15) is 23.5 Å². The van der Waals surface area contributed by atoms with Gasteiger partial charge >= 0.3 is 0 Å². The molecule has 5 heteroatoms. The zero-order chi connectivity index (χ0) is 17.2. The lowest BCUT2D eigenvalue weighted by Crippen LogP contribution is -2.01. The van der Waals surface area contributed by atoms with Crippen molar-refractivity contribution in [1.29, 1.82) is 0 Å². The van der Waals surface area contributed by atoms with Crippen molar-refractivity contribution in [3.63, 3.8) is 0 Å². The molecule has 0 aliphatic heterocycles. The fraction of sp³-hybridized carbons (Fsp3) is 0.316. The second-order valence-electron chi connectivity index (χ2n) is 5.28. The van der Waals surface area contributed by atoms with Gasteiger partial charge in [0.2, 0.25) is 0 Å². The predicted molar refractivity (Wildman–Crippen MR) is 103 cm³/mol. The molecule has 0 saturated carbocycles. The van der Waals surface area contributed by atoms with Gasteiger partial charge in [0.15, 0.2) is 5.78 Å². The smallest absolute Gasteiger partial charge is 0.193 e. The van der Waals surface area contributed by atoms with Crippen molar-refractivity contribution in [2.75, 3.05) is 24.7 Å². The van der Waals surface area contributed by atoms with Crippen LogP contribution in [0.2, 0.25) is 0 Å². The number of benzene rings is 2. The van der Waals surface area contributed by atoms with Crippen LogP contribution < -0.4 is 0 Å². The number of carbonyl (C=O) groups is 1. The van der Waals surface area contributed by atoms with Crippen molar-refractivity contribution in [2.24, 2.45) is 0 Å². The molecular weight excluding hydrogens is 340 g/mol. The summed E-state index contributed by atoms with van der Waals surface area (Å²) in [6.45, 7) is 0.380. The highest BCUT2D eigenvalue weighted by molar-refractivity contribution is 7.98. The fourth-order valence-corrected chi connectivity index (χ4v) is 3.58. The summed E-state index contributed by atoms with van der Waals surface area (Å²) in [5.41, 5.74) is 3.68.